The molecule has 1 aromatic carbocycles. The molecule has 4 rings (SSSR count). The Labute approximate surface area is 192 Å². The van der Waals surface area contributed by atoms with Crippen molar-refractivity contribution in [2.24, 2.45) is 18.2 Å². The van der Waals surface area contributed by atoms with E-state index in [1.54, 1.807) is 7.05 Å². The van der Waals surface area contributed by atoms with Gasteiger partial charge < -0.3 is 26.3 Å². The minimum absolute atomic E-state index is 0.0245. The molecular formula is C21H24F2N6O3S. The smallest absolute Gasteiger partial charge is 0.277 e. The third-order valence-electron chi connectivity index (χ3n) is 5.77. The van der Waals surface area contributed by atoms with Crippen LogP contribution in [0.2, 0.25) is 0 Å². The second kappa shape index (κ2) is 9.14. The van der Waals surface area contributed by atoms with Gasteiger partial charge >= 0.3 is 0 Å². The number of thiazole rings is 1. The summed E-state index contributed by atoms with van der Waals surface area (Å²) in [6, 6.07) is 3.47. The molecule has 3 heterocycles. The molecule has 1 amide bonds. The molecular weight excluding hydrogens is 454 g/mol. The molecule has 1 aliphatic heterocycles. The maximum Gasteiger partial charge on any atom is 0.277 e. The van der Waals surface area contributed by atoms with Gasteiger partial charge in [0.2, 0.25) is 6.29 Å². The molecule has 0 spiro atoms. The number of nitrogens with two attached hydrogens (primary N) is 2. The molecule has 2 aromatic heterocycles. The van der Waals surface area contributed by atoms with E-state index >= 15 is 0 Å². The highest BCUT2D eigenvalue weighted by Gasteiger charge is 2.37. The lowest BCUT2D eigenvalue weighted by molar-refractivity contribution is -0.235. The minimum Gasteiger partial charge on any atom is -0.389 e. The Hall–Kier alpha value is -2.93. The number of anilines is 2. The van der Waals surface area contributed by atoms with Crippen LogP contribution in [0.25, 0.3) is 10.6 Å². The van der Waals surface area contributed by atoms with E-state index in [1.807, 2.05) is 6.92 Å². The van der Waals surface area contributed by atoms with Crippen molar-refractivity contribution in [3.05, 3.63) is 47.4 Å². The normalized spacial score (nSPS) is 20.7. The fourth-order valence-electron chi connectivity index (χ4n) is 3.53. The Morgan fingerprint density at radius 1 is 1.33 bits per heavy atom. The third kappa shape index (κ3) is 4.34. The van der Waals surface area contributed by atoms with Crippen molar-refractivity contribution in [3.8, 4) is 10.6 Å². The number of hydrogen-bond donors (Lipinski definition) is 3. The molecule has 176 valence electrons. The van der Waals surface area contributed by atoms with E-state index in [2.05, 4.69) is 15.4 Å². The van der Waals surface area contributed by atoms with Crippen molar-refractivity contribution in [2.45, 2.75) is 19.6 Å². The number of nitrogens with one attached hydrogen (secondary N) is 1. The summed E-state index contributed by atoms with van der Waals surface area (Å²) >= 11 is 0.821. The number of ether oxygens (including phenoxy) is 2. The Morgan fingerprint density at radius 2 is 2.00 bits per heavy atom. The average Bonchev–Trinajstić information content (AvgIpc) is 3.36. The van der Waals surface area contributed by atoms with E-state index in [1.165, 1.54) is 16.9 Å². The number of aromatic nitrogens is 3. The van der Waals surface area contributed by atoms with E-state index < -0.39 is 23.8 Å². The van der Waals surface area contributed by atoms with Crippen molar-refractivity contribution < 1.29 is 23.0 Å². The van der Waals surface area contributed by atoms with Gasteiger partial charge in [0.25, 0.3) is 5.91 Å². The quantitative estimate of drug-likeness (QED) is 0.496. The van der Waals surface area contributed by atoms with Gasteiger partial charge in [-0.3, -0.25) is 9.48 Å². The molecule has 0 unspecified atom stereocenters. The van der Waals surface area contributed by atoms with Crippen LogP contribution in [-0.2, 0) is 16.5 Å². The number of nitrogen functional groups attached to an aromatic ring is 1. The van der Waals surface area contributed by atoms with Gasteiger partial charge in [0.05, 0.1) is 30.7 Å². The zero-order valence-corrected chi connectivity index (χ0v) is 18.9. The highest BCUT2D eigenvalue weighted by molar-refractivity contribution is 7.19. The van der Waals surface area contributed by atoms with Gasteiger partial charge in [0.1, 0.15) is 27.3 Å². The predicted octanol–water partition coefficient (Wildman–Crippen LogP) is 3.06. The Kier molecular flexibility index (Phi) is 6.43. The summed E-state index contributed by atoms with van der Waals surface area (Å²) < 4.78 is 41.6. The largest absolute Gasteiger partial charge is 0.389 e. The molecule has 3 aromatic rings. The molecule has 0 bridgehead atoms. The van der Waals surface area contributed by atoms with E-state index in [4.69, 9.17) is 20.9 Å². The molecule has 12 heteroatoms. The average molecular weight is 479 g/mol. The summed E-state index contributed by atoms with van der Waals surface area (Å²) in [6.07, 6.45) is 1.50. The van der Waals surface area contributed by atoms with Gasteiger partial charge in [-0.15, -0.1) is 0 Å². The number of nitrogens with zero attached hydrogens (tertiary/aromatic N) is 3. The maximum absolute atomic E-state index is 14.1. The fraction of sp³-hybridized carbons (Fsp3) is 0.381. The first-order valence-electron chi connectivity index (χ1n) is 10.3. The number of carbonyl (C=O) groups excluding carboxylic acids is 1. The first-order chi connectivity index (χ1) is 15.8. The zero-order chi connectivity index (χ0) is 23.8. The topological polar surface area (TPSA) is 130 Å². The van der Waals surface area contributed by atoms with Crippen molar-refractivity contribution in [1.82, 2.24) is 14.8 Å². The van der Waals surface area contributed by atoms with Crippen LogP contribution in [-0.4, -0.2) is 40.4 Å². The number of rotatable bonds is 6. The number of halogens is 2. The van der Waals surface area contributed by atoms with E-state index in [0.717, 1.165) is 29.9 Å². The lowest BCUT2D eigenvalue weighted by atomic mass is 9.86. The third-order valence-corrected chi connectivity index (χ3v) is 6.67. The van der Waals surface area contributed by atoms with Crippen molar-refractivity contribution in [3.63, 3.8) is 0 Å². The van der Waals surface area contributed by atoms with E-state index in [9.17, 15) is 13.6 Å². The number of hydrogen-bond acceptors (Lipinski definition) is 8. The molecule has 1 fully saturated rings. The van der Waals surface area contributed by atoms with E-state index in [-0.39, 0.29) is 26.7 Å². The molecule has 0 aliphatic carbocycles. The second-order valence-electron chi connectivity index (χ2n) is 7.86. The summed E-state index contributed by atoms with van der Waals surface area (Å²) in [5.74, 6) is -2.24. The minimum atomic E-state index is -0.794. The maximum atomic E-state index is 14.1. The Balaban J connectivity index is 1.56. The van der Waals surface area contributed by atoms with Crippen LogP contribution in [0.15, 0.2) is 24.4 Å². The molecule has 1 aliphatic rings. The SMILES string of the molecule is CCC1(CN)COC(c2c(NC(=O)c3nc(-c4c(F)cccc4F)sc3N)cnn2C)OC1. The summed E-state index contributed by atoms with van der Waals surface area (Å²) in [4.78, 5) is 17.0. The second-order valence-corrected chi connectivity index (χ2v) is 8.89. The Bertz CT molecular complexity index is 1150. The summed E-state index contributed by atoms with van der Waals surface area (Å²) in [5, 5.41) is 6.87. The molecule has 5 N–H and O–H groups in total. The number of benzene rings is 1. The fourth-order valence-corrected chi connectivity index (χ4v) is 4.40. The van der Waals surface area contributed by atoms with Gasteiger partial charge in [-0.2, -0.15) is 5.10 Å². The molecule has 0 radical (unpaired) electrons. The van der Waals surface area contributed by atoms with Crippen LogP contribution in [0.5, 0.6) is 0 Å². The zero-order valence-electron chi connectivity index (χ0n) is 18.1. The van der Waals surface area contributed by atoms with Gasteiger partial charge in [-0.25, -0.2) is 13.8 Å². The lowest BCUT2D eigenvalue weighted by Gasteiger charge is -2.38. The van der Waals surface area contributed by atoms with Crippen molar-refractivity contribution >= 4 is 27.9 Å². The van der Waals surface area contributed by atoms with Crippen LogP contribution in [0.1, 0.15) is 35.8 Å². The first-order valence-corrected chi connectivity index (χ1v) is 11.1. The molecule has 33 heavy (non-hydrogen) atoms. The van der Waals surface area contributed by atoms with Gasteiger partial charge in [0, 0.05) is 19.0 Å². The van der Waals surface area contributed by atoms with Crippen LogP contribution < -0.4 is 16.8 Å². The van der Waals surface area contributed by atoms with Gasteiger partial charge in [-0.1, -0.05) is 24.3 Å². The van der Waals surface area contributed by atoms with Gasteiger partial charge in [0.15, 0.2) is 5.69 Å². The highest BCUT2D eigenvalue weighted by Crippen LogP contribution is 2.37. The highest BCUT2D eigenvalue weighted by atomic mass is 32.1. The number of carbonyl (C=O) groups is 1. The van der Waals surface area contributed by atoms with Crippen LogP contribution in [0.3, 0.4) is 0 Å². The molecule has 0 atom stereocenters. The molecule has 1 saturated heterocycles. The monoisotopic (exact) mass is 478 g/mol. The summed E-state index contributed by atoms with van der Waals surface area (Å²) in [7, 11) is 1.69. The lowest BCUT2D eigenvalue weighted by Crippen LogP contribution is -2.44. The summed E-state index contributed by atoms with van der Waals surface area (Å²) in [6.45, 7) is 3.26. The summed E-state index contributed by atoms with van der Waals surface area (Å²) in [5.41, 5.74) is 11.9. The van der Waals surface area contributed by atoms with Crippen LogP contribution in [0, 0.1) is 17.0 Å². The number of amides is 1. The predicted molar refractivity (Wildman–Crippen MR) is 119 cm³/mol. The van der Waals surface area contributed by atoms with Crippen molar-refractivity contribution in [1.29, 1.82) is 0 Å². The first kappa shape index (κ1) is 23.2. The van der Waals surface area contributed by atoms with Gasteiger partial charge in [-0.05, 0) is 18.6 Å². The standard InChI is InChI=1S/C21H24F2N6O3S/c1-3-21(8-24)9-31-20(32-10-21)16-13(7-26-29(16)2)27-18(30)15-17(25)33-19(28-15)14-11(22)5-4-6-12(14)23/h4-7,20H,3,8-10,24-25H2,1-2H3,(H,27,30). The molecule has 0 saturated carbocycles. The van der Waals surface area contributed by atoms with Crippen molar-refractivity contribution in [2.75, 3.05) is 30.8 Å². The number of aryl methyl sites for hydroxylation is 1. The van der Waals surface area contributed by atoms with Crippen LogP contribution >= 0.6 is 11.3 Å². The van der Waals surface area contributed by atoms with Crippen LogP contribution in [0.4, 0.5) is 19.5 Å². The van der Waals surface area contributed by atoms with E-state index in [0.29, 0.717) is 31.1 Å². The molecule has 9 nitrogen and oxygen atoms in total. The Morgan fingerprint density at radius 3 is 2.61 bits per heavy atom.